The van der Waals surface area contributed by atoms with Crippen LogP contribution in [0.4, 0.5) is 0 Å². The molecule has 1 unspecified atom stereocenters. The minimum atomic E-state index is 0.372. The molecule has 21 heavy (non-hydrogen) atoms. The van der Waals surface area contributed by atoms with Gasteiger partial charge in [-0.2, -0.15) is 0 Å². The van der Waals surface area contributed by atoms with Gasteiger partial charge in [0.1, 0.15) is 5.75 Å². The molecule has 2 aromatic carbocycles. The fourth-order valence-electron chi connectivity index (χ4n) is 2.61. The van der Waals surface area contributed by atoms with Gasteiger partial charge in [0.25, 0.3) is 0 Å². The van der Waals surface area contributed by atoms with Gasteiger partial charge in [-0.15, -0.1) is 0 Å². The summed E-state index contributed by atoms with van der Waals surface area (Å²) in [6.45, 7) is 7.43. The van der Waals surface area contributed by atoms with Crippen LogP contribution < -0.4 is 10.1 Å². The second-order valence-corrected chi connectivity index (χ2v) is 5.54. The van der Waals surface area contributed by atoms with Gasteiger partial charge in [-0.05, 0) is 49.1 Å². The van der Waals surface area contributed by atoms with Crippen LogP contribution in [0, 0.1) is 13.8 Å². The van der Waals surface area contributed by atoms with Gasteiger partial charge >= 0.3 is 0 Å². The molecule has 0 aliphatic carbocycles. The first-order chi connectivity index (χ1) is 10.1. The summed E-state index contributed by atoms with van der Waals surface area (Å²) in [5.74, 6) is 0.906. The summed E-state index contributed by atoms with van der Waals surface area (Å²) < 4.78 is 5.22. The molecule has 2 rings (SSSR count). The number of hydrogen-bond acceptors (Lipinski definition) is 2. The maximum Gasteiger partial charge on any atom is 0.118 e. The van der Waals surface area contributed by atoms with E-state index < -0.39 is 0 Å². The average Bonchev–Trinajstić information content (AvgIpc) is 2.50. The van der Waals surface area contributed by atoms with Gasteiger partial charge in [0.05, 0.1) is 7.11 Å². The highest BCUT2D eigenvalue weighted by molar-refractivity contribution is 5.31. The summed E-state index contributed by atoms with van der Waals surface area (Å²) in [5, 5.41) is 3.66. The molecule has 0 aliphatic rings. The van der Waals surface area contributed by atoms with Gasteiger partial charge in [0.15, 0.2) is 0 Å². The van der Waals surface area contributed by atoms with Crippen LogP contribution >= 0.6 is 0 Å². The first kappa shape index (κ1) is 15.6. The maximum atomic E-state index is 5.22. The van der Waals surface area contributed by atoms with E-state index in [4.69, 9.17) is 4.74 Å². The zero-order chi connectivity index (χ0) is 15.2. The Morgan fingerprint density at radius 2 is 1.76 bits per heavy atom. The lowest BCUT2D eigenvalue weighted by molar-refractivity contribution is 0.414. The predicted molar refractivity (Wildman–Crippen MR) is 88.8 cm³/mol. The van der Waals surface area contributed by atoms with Crippen molar-refractivity contribution in [2.45, 2.75) is 39.8 Å². The van der Waals surface area contributed by atoms with Crippen molar-refractivity contribution >= 4 is 0 Å². The smallest absolute Gasteiger partial charge is 0.118 e. The number of rotatable bonds is 6. The van der Waals surface area contributed by atoms with Crippen LogP contribution in [0.2, 0.25) is 0 Å². The number of methoxy groups -OCH3 is 1. The number of ether oxygens (including phenoxy) is 1. The molecule has 0 aromatic heterocycles. The molecule has 0 spiro atoms. The highest BCUT2D eigenvalue weighted by Gasteiger charge is 2.09. The van der Waals surface area contributed by atoms with Crippen molar-refractivity contribution < 1.29 is 4.74 Å². The summed E-state index contributed by atoms with van der Waals surface area (Å²) in [6.07, 6.45) is 1.07. The molecule has 1 atom stereocenters. The van der Waals surface area contributed by atoms with E-state index >= 15 is 0 Å². The molecular formula is C19H25NO. The highest BCUT2D eigenvalue weighted by atomic mass is 16.5. The standard InChI is InChI=1S/C19H25NO/c1-5-19(16-8-10-18(21-4)11-9-16)20-13-17-7-6-14(2)12-15(17)3/h6-12,19-20H,5,13H2,1-4H3. The lowest BCUT2D eigenvalue weighted by atomic mass is 10.0. The molecule has 112 valence electrons. The first-order valence-corrected chi connectivity index (χ1v) is 7.57. The van der Waals surface area contributed by atoms with E-state index in [0.717, 1.165) is 18.7 Å². The van der Waals surface area contributed by atoms with Gasteiger partial charge in [0, 0.05) is 12.6 Å². The Morgan fingerprint density at radius 3 is 2.33 bits per heavy atom. The van der Waals surface area contributed by atoms with Crippen molar-refractivity contribution in [3.63, 3.8) is 0 Å². The lowest BCUT2D eigenvalue weighted by Gasteiger charge is -2.19. The quantitative estimate of drug-likeness (QED) is 0.839. The van der Waals surface area contributed by atoms with Crippen molar-refractivity contribution in [2.24, 2.45) is 0 Å². The molecule has 2 heteroatoms. The number of nitrogens with one attached hydrogen (secondary N) is 1. The van der Waals surface area contributed by atoms with E-state index in [2.05, 4.69) is 56.4 Å². The number of benzene rings is 2. The molecule has 0 amide bonds. The minimum Gasteiger partial charge on any atom is -0.497 e. The molecule has 1 N–H and O–H groups in total. The zero-order valence-electron chi connectivity index (χ0n) is 13.4. The first-order valence-electron chi connectivity index (χ1n) is 7.57. The average molecular weight is 283 g/mol. The van der Waals surface area contributed by atoms with Crippen LogP contribution in [-0.4, -0.2) is 7.11 Å². The Bertz CT molecular complexity index is 575. The van der Waals surface area contributed by atoms with Crippen LogP contribution in [0.15, 0.2) is 42.5 Å². The van der Waals surface area contributed by atoms with Gasteiger partial charge < -0.3 is 10.1 Å². The van der Waals surface area contributed by atoms with Gasteiger partial charge in [0.2, 0.25) is 0 Å². The highest BCUT2D eigenvalue weighted by Crippen LogP contribution is 2.21. The van der Waals surface area contributed by atoms with E-state index in [1.807, 2.05) is 12.1 Å². The van der Waals surface area contributed by atoms with Crippen LogP contribution in [0.3, 0.4) is 0 Å². The van der Waals surface area contributed by atoms with Crippen LogP contribution in [0.5, 0.6) is 5.75 Å². The van der Waals surface area contributed by atoms with Crippen LogP contribution in [0.1, 0.15) is 41.6 Å². The van der Waals surface area contributed by atoms with Crippen LogP contribution in [0.25, 0.3) is 0 Å². The van der Waals surface area contributed by atoms with Gasteiger partial charge in [-0.25, -0.2) is 0 Å². The summed E-state index contributed by atoms with van der Waals surface area (Å²) in [4.78, 5) is 0. The Kier molecular flexibility index (Phi) is 5.40. The molecule has 0 bridgehead atoms. The summed E-state index contributed by atoms with van der Waals surface area (Å²) in [6, 6.07) is 15.3. The van der Waals surface area contributed by atoms with Crippen molar-refractivity contribution in [3.05, 3.63) is 64.7 Å². The molecule has 0 saturated carbocycles. The zero-order valence-corrected chi connectivity index (χ0v) is 13.4. The lowest BCUT2D eigenvalue weighted by Crippen LogP contribution is -2.20. The topological polar surface area (TPSA) is 21.3 Å². The van der Waals surface area contributed by atoms with Crippen molar-refractivity contribution in [1.29, 1.82) is 0 Å². The Morgan fingerprint density at radius 1 is 1.05 bits per heavy atom. The fraction of sp³-hybridized carbons (Fsp3) is 0.368. The molecule has 0 radical (unpaired) electrons. The summed E-state index contributed by atoms with van der Waals surface area (Å²) in [5.41, 5.74) is 5.35. The number of aryl methyl sites for hydroxylation is 2. The Hall–Kier alpha value is -1.80. The van der Waals surface area contributed by atoms with Gasteiger partial charge in [-0.1, -0.05) is 42.8 Å². The van der Waals surface area contributed by atoms with E-state index in [0.29, 0.717) is 6.04 Å². The molecule has 0 saturated heterocycles. The molecule has 2 aromatic rings. The monoisotopic (exact) mass is 283 g/mol. The normalized spacial score (nSPS) is 12.2. The Balaban J connectivity index is 2.04. The molecule has 0 fully saturated rings. The summed E-state index contributed by atoms with van der Waals surface area (Å²) >= 11 is 0. The van der Waals surface area contributed by atoms with Crippen molar-refractivity contribution in [3.8, 4) is 5.75 Å². The third-order valence-electron chi connectivity index (χ3n) is 3.96. The number of hydrogen-bond donors (Lipinski definition) is 1. The third-order valence-corrected chi connectivity index (χ3v) is 3.96. The van der Waals surface area contributed by atoms with Crippen molar-refractivity contribution in [1.82, 2.24) is 5.32 Å². The van der Waals surface area contributed by atoms with E-state index in [1.54, 1.807) is 7.11 Å². The minimum absolute atomic E-state index is 0.372. The maximum absolute atomic E-state index is 5.22. The molecular weight excluding hydrogens is 258 g/mol. The molecule has 0 aliphatic heterocycles. The van der Waals surface area contributed by atoms with E-state index in [1.165, 1.54) is 22.3 Å². The Labute approximate surface area is 128 Å². The van der Waals surface area contributed by atoms with Crippen LogP contribution in [-0.2, 0) is 6.54 Å². The largest absolute Gasteiger partial charge is 0.497 e. The molecule has 0 heterocycles. The fourth-order valence-corrected chi connectivity index (χ4v) is 2.61. The van der Waals surface area contributed by atoms with E-state index in [-0.39, 0.29) is 0 Å². The second kappa shape index (κ2) is 7.28. The van der Waals surface area contributed by atoms with Crippen molar-refractivity contribution in [2.75, 3.05) is 7.11 Å². The second-order valence-electron chi connectivity index (χ2n) is 5.54. The van der Waals surface area contributed by atoms with Gasteiger partial charge in [-0.3, -0.25) is 0 Å². The SMILES string of the molecule is CCC(NCc1ccc(C)cc1C)c1ccc(OC)cc1. The third kappa shape index (κ3) is 4.08. The van der Waals surface area contributed by atoms with E-state index in [9.17, 15) is 0 Å². The molecule has 2 nitrogen and oxygen atoms in total. The summed E-state index contributed by atoms with van der Waals surface area (Å²) in [7, 11) is 1.70. The predicted octanol–water partition coefficient (Wildman–Crippen LogP) is 4.55.